The van der Waals surface area contributed by atoms with Crippen molar-refractivity contribution in [1.82, 2.24) is 0 Å². The second kappa shape index (κ2) is 7.61. The van der Waals surface area contributed by atoms with E-state index in [9.17, 15) is 9.59 Å². The van der Waals surface area contributed by atoms with Gasteiger partial charge in [0, 0.05) is 5.69 Å². The van der Waals surface area contributed by atoms with Crippen molar-refractivity contribution in [3.05, 3.63) is 53.6 Å². The molecule has 1 heterocycles. The highest BCUT2D eigenvalue weighted by Gasteiger charge is 2.26. The molecule has 7 nitrogen and oxygen atoms in total. The molecule has 0 unspecified atom stereocenters. The Morgan fingerprint density at radius 2 is 1.96 bits per heavy atom. The molecule has 2 aromatic carbocycles. The molecule has 2 aromatic rings. The number of hydrogen-bond donors (Lipinski definition) is 1. The van der Waals surface area contributed by atoms with Gasteiger partial charge in [0.15, 0.2) is 6.61 Å². The molecule has 0 saturated heterocycles. The number of nitrogens with zero attached hydrogens (tertiary/aromatic N) is 2. The lowest BCUT2D eigenvalue weighted by Gasteiger charge is -2.30. The van der Waals surface area contributed by atoms with E-state index >= 15 is 0 Å². The number of rotatable bonds is 3. The zero-order valence-electron chi connectivity index (χ0n) is 16.0. The molecule has 0 aliphatic carbocycles. The van der Waals surface area contributed by atoms with Crippen LogP contribution in [0.25, 0.3) is 0 Å². The standard InChI is InChI=1S/C21H21N3O4/c1-21(2,3)28-20(26)23-16-8-9-18-17(10-16)24(19(25)13-27-18)12-15-6-4-14(11-22)5-7-15/h4-10H,12-13H2,1-3H3,(H,23,26). The van der Waals surface area contributed by atoms with Crippen molar-refractivity contribution < 1.29 is 19.1 Å². The third-order valence-corrected chi connectivity index (χ3v) is 3.97. The molecule has 0 radical (unpaired) electrons. The Balaban J connectivity index is 1.83. The van der Waals surface area contributed by atoms with E-state index in [0.29, 0.717) is 29.2 Å². The Morgan fingerprint density at radius 1 is 1.25 bits per heavy atom. The van der Waals surface area contributed by atoms with Crippen LogP contribution in [0.15, 0.2) is 42.5 Å². The second-order valence-electron chi connectivity index (χ2n) is 7.39. The van der Waals surface area contributed by atoms with Crippen molar-refractivity contribution in [2.75, 3.05) is 16.8 Å². The van der Waals surface area contributed by atoms with Gasteiger partial charge in [0.1, 0.15) is 11.4 Å². The lowest BCUT2D eigenvalue weighted by Crippen LogP contribution is -2.38. The predicted molar refractivity (Wildman–Crippen MR) is 104 cm³/mol. The Bertz CT molecular complexity index is 940. The van der Waals surface area contributed by atoms with E-state index in [4.69, 9.17) is 14.7 Å². The van der Waals surface area contributed by atoms with Gasteiger partial charge in [0.25, 0.3) is 5.91 Å². The minimum absolute atomic E-state index is 0.0535. The van der Waals surface area contributed by atoms with Crippen LogP contribution < -0.4 is 15.0 Å². The van der Waals surface area contributed by atoms with Gasteiger partial charge in [-0.2, -0.15) is 5.26 Å². The molecule has 7 heteroatoms. The highest BCUT2D eigenvalue weighted by atomic mass is 16.6. The predicted octanol–water partition coefficient (Wildman–Crippen LogP) is 3.83. The molecule has 0 bridgehead atoms. The second-order valence-corrected chi connectivity index (χ2v) is 7.39. The van der Waals surface area contributed by atoms with Gasteiger partial charge in [0.05, 0.1) is 23.9 Å². The topological polar surface area (TPSA) is 91.7 Å². The number of carbonyl (C=O) groups is 2. The first kappa shape index (κ1) is 19.2. The van der Waals surface area contributed by atoms with Gasteiger partial charge in [-0.1, -0.05) is 12.1 Å². The Hall–Kier alpha value is -3.53. The molecule has 3 rings (SSSR count). The van der Waals surface area contributed by atoms with E-state index in [1.54, 1.807) is 56.0 Å². The molecule has 1 N–H and O–H groups in total. The first-order valence-corrected chi connectivity index (χ1v) is 8.81. The average Bonchev–Trinajstić information content (AvgIpc) is 2.63. The number of nitrogens with one attached hydrogen (secondary N) is 1. The van der Waals surface area contributed by atoms with E-state index < -0.39 is 11.7 Å². The summed E-state index contributed by atoms with van der Waals surface area (Å²) in [4.78, 5) is 26.1. The van der Waals surface area contributed by atoms with Crippen LogP contribution in [0.5, 0.6) is 5.75 Å². The van der Waals surface area contributed by atoms with E-state index in [1.807, 2.05) is 12.1 Å². The summed E-state index contributed by atoms with van der Waals surface area (Å²) in [6.07, 6.45) is -0.575. The Labute approximate surface area is 163 Å². The lowest BCUT2D eigenvalue weighted by molar-refractivity contribution is -0.121. The molecule has 0 atom stereocenters. The zero-order chi connectivity index (χ0) is 20.3. The fourth-order valence-electron chi connectivity index (χ4n) is 2.74. The van der Waals surface area contributed by atoms with Gasteiger partial charge in [-0.05, 0) is 56.7 Å². The third-order valence-electron chi connectivity index (χ3n) is 3.97. The van der Waals surface area contributed by atoms with Crippen LogP contribution in [0.3, 0.4) is 0 Å². The summed E-state index contributed by atoms with van der Waals surface area (Å²) in [7, 11) is 0. The number of amides is 2. The molecular formula is C21H21N3O4. The summed E-state index contributed by atoms with van der Waals surface area (Å²) >= 11 is 0. The molecule has 0 aromatic heterocycles. The number of nitriles is 1. The molecular weight excluding hydrogens is 358 g/mol. The van der Waals surface area contributed by atoms with Crippen molar-refractivity contribution in [1.29, 1.82) is 5.26 Å². The van der Waals surface area contributed by atoms with Gasteiger partial charge in [-0.3, -0.25) is 10.1 Å². The molecule has 0 spiro atoms. The van der Waals surface area contributed by atoms with E-state index in [2.05, 4.69) is 11.4 Å². The smallest absolute Gasteiger partial charge is 0.412 e. The lowest BCUT2D eigenvalue weighted by atomic mass is 10.1. The minimum Gasteiger partial charge on any atom is -0.482 e. The van der Waals surface area contributed by atoms with Gasteiger partial charge >= 0.3 is 6.09 Å². The van der Waals surface area contributed by atoms with Crippen molar-refractivity contribution in [2.24, 2.45) is 0 Å². The minimum atomic E-state index is -0.612. The summed E-state index contributed by atoms with van der Waals surface area (Å²) in [5, 5.41) is 11.6. The van der Waals surface area contributed by atoms with Crippen LogP contribution in [-0.2, 0) is 16.1 Å². The third kappa shape index (κ3) is 4.60. The zero-order valence-corrected chi connectivity index (χ0v) is 16.0. The largest absolute Gasteiger partial charge is 0.482 e. The summed E-state index contributed by atoms with van der Waals surface area (Å²) in [5.74, 6) is 0.370. The summed E-state index contributed by atoms with van der Waals surface area (Å²) in [6.45, 7) is 5.63. The Kier molecular flexibility index (Phi) is 5.23. The van der Waals surface area contributed by atoms with Crippen molar-refractivity contribution in [3.8, 4) is 11.8 Å². The van der Waals surface area contributed by atoms with Crippen molar-refractivity contribution in [3.63, 3.8) is 0 Å². The maximum atomic E-state index is 12.4. The van der Waals surface area contributed by atoms with E-state index in [1.165, 1.54) is 0 Å². The monoisotopic (exact) mass is 379 g/mol. The fraction of sp³-hybridized carbons (Fsp3) is 0.286. The van der Waals surface area contributed by atoms with E-state index in [-0.39, 0.29) is 12.5 Å². The van der Waals surface area contributed by atoms with E-state index in [0.717, 1.165) is 5.56 Å². The van der Waals surface area contributed by atoms with Crippen LogP contribution in [-0.4, -0.2) is 24.2 Å². The molecule has 1 aliphatic rings. The average molecular weight is 379 g/mol. The van der Waals surface area contributed by atoms with Crippen molar-refractivity contribution >= 4 is 23.4 Å². The van der Waals surface area contributed by atoms with Crippen LogP contribution >= 0.6 is 0 Å². The first-order valence-electron chi connectivity index (χ1n) is 8.81. The molecule has 0 saturated carbocycles. The number of fused-ring (bicyclic) bond motifs is 1. The molecule has 2 amide bonds. The van der Waals surface area contributed by atoms with Gasteiger partial charge < -0.3 is 14.4 Å². The summed E-state index contributed by atoms with van der Waals surface area (Å²) < 4.78 is 10.8. The number of hydrogen-bond acceptors (Lipinski definition) is 5. The maximum Gasteiger partial charge on any atom is 0.412 e. The normalized spacial score (nSPS) is 13.2. The molecule has 1 aliphatic heterocycles. The molecule has 28 heavy (non-hydrogen) atoms. The van der Waals surface area contributed by atoms with Gasteiger partial charge in [-0.25, -0.2) is 4.79 Å². The van der Waals surface area contributed by atoms with Crippen LogP contribution in [0.1, 0.15) is 31.9 Å². The van der Waals surface area contributed by atoms with Crippen LogP contribution in [0.2, 0.25) is 0 Å². The number of carbonyl (C=O) groups excluding carboxylic acids is 2. The maximum absolute atomic E-state index is 12.4. The fourth-order valence-corrected chi connectivity index (χ4v) is 2.74. The number of ether oxygens (including phenoxy) is 2. The summed E-state index contributed by atoms with van der Waals surface area (Å²) in [5.41, 5.74) is 1.89. The molecule has 0 fully saturated rings. The quantitative estimate of drug-likeness (QED) is 0.875. The van der Waals surface area contributed by atoms with Crippen molar-refractivity contribution in [2.45, 2.75) is 32.9 Å². The van der Waals surface area contributed by atoms with Crippen LogP contribution in [0.4, 0.5) is 16.2 Å². The highest BCUT2D eigenvalue weighted by Crippen LogP contribution is 2.35. The molecule has 144 valence electrons. The van der Waals surface area contributed by atoms with Crippen LogP contribution in [0, 0.1) is 11.3 Å². The Morgan fingerprint density at radius 3 is 2.61 bits per heavy atom. The first-order chi connectivity index (χ1) is 13.2. The van der Waals surface area contributed by atoms with Gasteiger partial charge in [-0.15, -0.1) is 0 Å². The summed E-state index contributed by atoms with van der Waals surface area (Å²) in [6, 6.07) is 14.2. The number of anilines is 2. The SMILES string of the molecule is CC(C)(C)OC(=O)Nc1ccc2c(c1)N(Cc1ccc(C#N)cc1)C(=O)CO2. The number of benzene rings is 2. The highest BCUT2D eigenvalue weighted by molar-refractivity contribution is 5.99. The van der Waals surface area contributed by atoms with Gasteiger partial charge in [0.2, 0.25) is 0 Å².